The lowest BCUT2D eigenvalue weighted by Crippen LogP contribution is -2.53. The van der Waals surface area contributed by atoms with Gasteiger partial charge in [0.05, 0.1) is 13.2 Å². The standard InChI is InChI=1S/C27H26O6/c1-4-10-18(11-5-1)25-28-16-22-24-23(32-27(33-24)20-14-8-3-9-15-20)21(30-25)17-29-26(31-22)19-12-6-2-7-13-19/h1-15,21-27H,16-17H2/t21-,22+,23-,24-,25?,26?,27?/m1/s1. The first-order valence-electron chi connectivity index (χ1n) is 11.3. The van der Waals surface area contributed by atoms with Crippen molar-refractivity contribution in [2.45, 2.75) is 43.3 Å². The van der Waals surface area contributed by atoms with Crippen molar-refractivity contribution in [1.82, 2.24) is 0 Å². The summed E-state index contributed by atoms with van der Waals surface area (Å²) < 4.78 is 38.3. The summed E-state index contributed by atoms with van der Waals surface area (Å²) in [6.45, 7) is 0.565. The highest BCUT2D eigenvalue weighted by Crippen LogP contribution is 2.42. The Bertz CT molecular complexity index is 965. The van der Waals surface area contributed by atoms with E-state index >= 15 is 0 Å². The molecule has 0 aromatic heterocycles. The van der Waals surface area contributed by atoms with E-state index in [0.29, 0.717) is 0 Å². The highest BCUT2D eigenvalue weighted by Gasteiger charge is 2.51. The van der Waals surface area contributed by atoms with E-state index in [0.717, 1.165) is 16.7 Å². The van der Waals surface area contributed by atoms with Crippen molar-refractivity contribution >= 4 is 0 Å². The second kappa shape index (κ2) is 9.35. The van der Waals surface area contributed by atoms with E-state index in [9.17, 15) is 0 Å². The van der Waals surface area contributed by atoms with Gasteiger partial charge in [0.15, 0.2) is 18.9 Å². The highest BCUT2D eigenvalue weighted by molar-refractivity contribution is 5.19. The molecular weight excluding hydrogens is 420 g/mol. The second-order valence-electron chi connectivity index (χ2n) is 8.44. The van der Waals surface area contributed by atoms with Gasteiger partial charge in [0.25, 0.3) is 0 Å². The van der Waals surface area contributed by atoms with Crippen LogP contribution in [0.5, 0.6) is 0 Å². The predicted octanol–water partition coefficient (Wildman–Crippen LogP) is 4.70. The monoisotopic (exact) mass is 446 g/mol. The van der Waals surface area contributed by atoms with Crippen LogP contribution < -0.4 is 0 Å². The Morgan fingerprint density at radius 3 is 1.18 bits per heavy atom. The zero-order valence-electron chi connectivity index (χ0n) is 18.1. The maximum atomic E-state index is 6.47. The van der Waals surface area contributed by atoms with Crippen LogP contribution in [0.3, 0.4) is 0 Å². The number of rotatable bonds is 3. The highest BCUT2D eigenvalue weighted by atomic mass is 16.8. The molecule has 0 saturated carbocycles. The van der Waals surface area contributed by atoms with Gasteiger partial charge in [-0.15, -0.1) is 0 Å². The van der Waals surface area contributed by atoms with E-state index in [1.165, 1.54) is 0 Å². The van der Waals surface area contributed by atoms with Gasteiger partial charge in [0.2, 0.25) is 0 Å². The Morgan fingerprint density at radius 2 is 0.788 bits per heavy atom. The first-order chi connectivity index (χ1) is 16.3. The molecule has 0 spiro atoms. The molecule has 7 atom stereocenters. The summed E-state index contributed by atoms with van der Waals surface area (Å²) in [6, 6.07) is 29.8. The lowest BCUT2D eigenvalue weighted by Gasteiger charge is -2.40. The topological polar surface area (TPSA) is 55.4 Å². The first-order valence-corrected chi connectivity index (χ1v) is 11.3. The molecule has 3 aromatic carbocycles. The van der Waals surface area contributed by atoms with E-state index in [1.54, 1.807) is 0 Å². The largest absolute Gasteiger partial charge is 0.346 e. The van der Waals surface area contributed by atoms with Crippen LogP contribution in [0.1, 0.15) is 35.6 Å². The Balaban J connectivity index is 1.33. The van der Waals surface area contributed by atoms with Crippen LogP contribution >= 0.6 is 0 Å². The Morgan fingerprint density at radius 1 is 0.424 bits per heavy atom. The fourth-order valence-corrected chi connectivity index (χ4v) is 4.59. The summed E-state index contributed by atoms with van der Waals surface area (Å²) in [4.78, 5) is 0. The maximum Gasteiger partial charge on any atom is 0.184 e. The molecule has 6 nitrogen and oxygen atoms in total. The third kappa shape index (κ3) is 4.34. The normalized spacial score (nSPS) is 34.0. The SMILES string of the molecule is c1ccc(C2O[C@H]3[C@H](O2)[C@H]2COC(c4ccccc4)O[C@H]3COC(c3ccccc3)O2)cc1. The maximum absolute atomic E-state index is 6.47. The number of benzene rings is 3. The van der Waals surface area contributed by atoms with Crippen LogP contribution in [-0.2, 0) is 28.4 Å². The van der Waals surface area contributed by atoms with Crippen LogP contribution in [0.2, 0.25) is 0 Å². The van der Waals surface area contributed by atoms with Gasteiger partial charge in [-0.2, -0.15) is 0 Å². The summed E-state index contributed by atoms with van der Waals surface area (Å²) in [7, 11) is 0. The van der Waals surface area contributed by atoms with Gasteiger partial charge >= 0.3 is 0 Å². The smallest absolute Gasteiger partial charge is 0.184 e. The fraction of sp³-hybridized carbons (Fsp3) is 0.333. The van der Waals surface area contributed by atoms with E-state index in [4.69, 9.17) is 28.4 Å². The van der Waals surface area contributed by atoms with Gasteiger partial charge in [0, 0.05) is 16.7 Å². The molecule has 3 heterocycles. The molecule has 3 saturated heterocycles. The molecule has 170 valence electrons. The number of ether oxygens (including phenoxy) is 6. The molecule has 0 aliphatic carbocycles. The van der Waals surface area contributed by atoms with Crippen molar-refractivity contribution in [3.63, 3.8) is 0 Å². The lowest BCUT2D eigenvalue weighted by atomic mass is 10.0. The predicted molar refractivity (Wildman–Crippen MR) is 119 cm³/mol. The van der Waals surface area contributed by atoms with Crippen molar-refractivity contribution < 1.29 is 28.4 Å². The van der Waals surface area contributed by atoms with Crippen molar-refractivity contribution in [2.75, 3.05) is 13.2 Å². The fourth-order valence-electron chi connectivity index (χ4n) is 4.59. The third-order valence-corrected chi connectivity index (χ3v) is 6.25. The molecule has 2 bridgehead atoms. The van der Waals surface area contributed by atoms with E-state index in [-0.39, 0.29) is 25.4 Å². The molecule has 0 N–H and O–H groups in total. The molecule has 33 heavy (non-hydrogen) atoms. The lowest BCUT2D eigenvalue weighted by molar-refractivity contribution is -0.304. The zero-order valence-corrected chi connectivity index (χ0v) is 18.1. The van der Waals surface area contributed by atoms with Gasteiger partial charge < -0.3 is 28.4 Å². The molecule has 6 heteroatoms. The van der Waals surface area contributed by atoms with Crippen molar-refractivity contribution in [2.24, 2.45) is 0 Å². The molecule has 3 aliphatic rings. The van der Waals surface area contributed by atoms with Crippen molar-refractivity contribution in [3.8, 4) is 0 Å². The van der Waals surface area contributed by atoms with Gasteiger partial charge in [-0.05, 0) is 0 Å². The van der Waals surface area contributed by atoms with Gasteiger partial charge in [-0.25, -0.2) is 0 Å². The van der Waals surface area contributed by atoms with Crippen LogP contribution in [0.25, 0.3) is 0 Å². The van der Waals surface area contributed by atoms with Crippen LogP contribution in [0, 0.1) is 0 Å². The minimum absolute atomic E-state index is 0.283. The summed E-state index contributed by atoms with van der Waals surface area (Å²) >= 11 is 0. The minimum atomic E-state index is -0.542. The summed E-state index contributed by atoms with van der Waals surface area (Å²) in [5.74, 6) is 0. The Kier molecular flexibility index (Phi) is 5.94. The summed E-state index contributed by atoms with van der Waals surface area (Å²) in [6.07, 6.45) is -3.09. The summed E-state index contributed by atoms with van der Waals surface area (Å²) in [5, 5.41) is 0. The van der Waals surface area contributed by atoms with Crippen LogP contribution in [0.15, 0.2) is 91.0 Å². The van der Waals surface area contributed by atoms with Crippen molar-refractivity contribution in [3.05, 3.63) is 108 Å². The average molecular weight is 446 g/mol. The molecule has 3 fully saturated rings. The summed E-state index contributed by atoms with van der Waals surface area (Å²) in [5.41, 5.74) is 2.85. The van der Waals surface area contributed by atoms with Crippen LogP contribution in [-0.4, -0.2) is 37.6 Å². The molecule has 3 unspecified atom stereocenters. The van der Waals surface area contributed by atoms with Crippen molar-refractivity contribution in [1.29, 1.82) is 0 Å². The van der Waals surface area contributed by atoms with E-state index in [2.05, 4.69) is 0 Å². The molecular formula is C27H26O6. The third-order valence-electron chi connectivity index (χ3n) is 6.25. The molecule has 0 radical (unpaired) electrons. The minimum Gasteiger partial charge on any atom is -0.346 e. The van der Waals surface area contributed by atoms with Crippen LogP contribution in [0.4, 0.5) is 0 Å². The van der Waals surface area contributed by atoms with E-state index < -0.39 is 31.1 Å². The number of hydrogen-bond donors (Lipinski definition) is 0. The Labute approximate surface area is 192 Å². The molecule has 3 aromatic rings. The molecule has 3 aliphatic heterocycles. The quantitative estimate of drug-likeness (QED) is 0.582. The molecule has 6 rings (SSSR count). The van der Waals surface area contributed by atoms with Gasteiger partial charge in [0.1, 0.15) is 24.4 Å². The van der Waals surface area contributed by atoms with E-state index in [1.807, 2.05) is 91.0 Å². The molecule has 0 amide bonds. The second-order valence-corrected chi connectivity index (χ2v) is 8.44. The van der Waals surface area contributed by atoms with Gasteiger partial charge in [-0.3, -0.25) is 0 Å². The zero-order chi connectivity index (χ0) is 22.0. The number of hydrogen-bond acceptors (Lipinski definition) is 6. The average Bonchev–Trinajstić information content (AvgIpc) is 3.31. The van der Waals surface area contributed by atoms with Gasteiger partial charge in [-0.1, -0.05) is 91.0 Å². The first kappa shape index (κ1) is 21.0. The Hall–Kier alpha value is -2.58.